The van der Waals surface area contributed by atoms with Gasteiger partial charge in [0.15, 0.2) is 5.69 Å². The molecular formula is C20H24F3N3O3. The SMILES string of the molecule is COc1ccc(OC)c(C(C)NC(=O)C(C)n2nc(C(F)(F)F)cc2C2CC2)c1. The van der Waals surface area contributed by atoms with Crippen LogP contribution >= 0.6 is 0 Å². The molecule has 0 saturated heterocycles. The number of aromatic nitrogens is 2. The number of halogens is 3. The molecule has 0 radical (unpaired) electrons. The lowest BCUT2D eigenvalue weighted by Crippen LogP contribution is -2.34. The summed E-state index contributed by atoms with van der Waals surface area (Å²) < 4.78 is 51.1. The van der Waals surface area contributed by atoms with Gasteiger partial charge in [-0.05, 0) is 51.0 Å². The number of carbonyl (C=O) groups excluding carboxylic acids is 1. The Kier molecular flexibility index (Phi) is 5.77. The number of ether oxygens (including phenoxy) is 2. The van der Waals surface area contributed by atoms with Crippen molar-refractivity contribution in [1.29, 1.82) is 0 Å². The Bertz CT molecular complexity index is 891. The van der Waals surface area contributed by atoms with Crippen molar-refractivity contribution >= 4 is 5.91 Å². The number of carbonyl (C=O) groups is 1. The van der Waals surface area contributed by atoms with E-state index < -0.39 is 29.9 Å². The predicted octanol–water partition coefficient (Wildman–Crippen LogP) is 4.23. The lowest BCUT2D eigenvalue weighted by Gasteiger charge is -2.21. The predicted molar refractivity (Wildman–Crippen MR) is 100 cm³/mol. The van der Waals surface area contributed by atoms with E-state index >= 15 is 0 Å². The van der Waals surface area contributed by atoms with Crippen molar-refractivity contribution in [1.82, 2.24) is 15.1 Å². The van der Waals surface area contributed by atoms with Gasteiger partial charge in [0.25, 0.3) is 0 Å². The first-order valence-corrected chi connectivity index (χ1v) is 9.34. The highest BCUT2D eigenvalue weighted by atomic mass is 19.4. The summed E-state index contributed by atoms with van der Waals surface area (Å²) in [6.45, 7) is 3.32. The van der Waals surface area contributed by atoms with E-state index in [1.54, 1.807) is 32.0 Å². The molecule has 6 nitrogen and oxygen atoms in total. The van der Waals surface area contributed by atoms with Gasteiger partial charge in [-0.15, -0.1) is 0 Å². The molecule has 2 aromatic rings. The number of alkyl halides is 3. The Morgan fingerprint density at radius 3 is 2.45 bits per heavy atom. The molecule has 1 heterocycles. The molecule has 1 aromatic carbocycles. The summed E-state index contributed by atoms with van der Waals surface area (Å²) >= 11 is 0. The van der Waals surface area contributed by atoms with Gasteiger partial charge in [0.05, 0.1) is 20.3 Å². The minimum absolute atomic E-state index is 0.0183. The number of nitrogens with one attached hydrogen (secondary N) is 1. The Balaban J connectivity index is 1.82. The first-order chi connectivity index (χ1) is 13.7. The van der Waals surface area contributed by atoms with Crippen LogP contribution in [0.4, 0.5) is 13.2 Å². The highest BCUT2D eigenvalue weighted by molar-refractivity contribution is 5.80. The standard InChI is InChI=1S/C20H24F3N3O3/c1-11(15-9-14(28-3)7-8-17(15)29-4)24-19(27)12(2)26-16(13-5-6-13)10-18(25-26)20(21,22)23/h7-13H,5-6H2,1-4H3,(H,24,27). The van der Waals surface area contributed by atoms with Crippen molar-refractivity contribution in [3.05, 3.63) is 41.2 Å². The fourth-order valence-electron chi connectivity index (χ4n) is 3.24. The van der Waals surface area contributed by atoms with Gasteiger partial charge in [-0.1, -0.05) is 0 Å². The highest BCUT2D eigenvalue weighted by Gasteiger charge is 2.39. The largest absolute Gasteiger partial charge is 0.497 e. The summed E-state index contributed by atoms with van der Waals surface area (Å²) in [7, 11) is 3.05. The number of rotatable bonds is 7. The van der Waals surface area contributed by atoms with Gasteiger partial charge in [0.2, 0.25) is 5.91 Å². The van der Waals surface area contributed by atoms with Crippen LogP contribution in [-0.4, -0.2) is 29.9 Å². The van der Waals surface area contributed by atoms with Crippen molar-refractivity contribution in [3.8, 4) is 11.5 Å². The number of methoxy groups -OCH3 is 2. The van der Waals surface area contributed by atoms with E-state index in [0.717, 1.165) is 18.9 Å². The molecule has 29 heavy (non-hydrogen) atoms. The third-order valence-electron chi connectivity index (χ3n) is 5.06. The van der Waals surface area contributed by atoms with Crippen LogP contribution in [0.5, 0.6) is 11.5 Å². The Morgan fingerprint density at radius 1 is 1.21 bits per heavy atom. The fourth-order valence-corrected chi connectivity index (χ4v) is 3.24. The van der Waals surface area contributed by atoms with Crippen molar-refractivity contribution in [2.24, 2.45) is 0 Å². The van der Waals surface area contributed by atoms with Crippen LogP contribution in [0.15, 0.2) is 24.3 Å². The quantitative estimate of drug-likeness (QED) is 0.740. The molecule has 1 amide bonds. The van der Waals surface area contributed by atoms with Gasteiger partial charge >= 0.3 is 6.18 Å². The second kappa shape index (κ2) is 7.96. The second-order valence-corrected chi connectivity index (χ2v) is 7.19. The molecule has 9 heteroatoms. The molecule has 0 bridgehead atoms. The zero-order chi connectivity index (χ0) is 21.3. The lowest BCUT2D eigenvalue weighted by atomic mass is 10.1. The summed E-state index contributed by atoms with van der Waals surface area (Å²) in [5, 5.41) is 6.53. The molecule has 1 aromatic heterocycles. The van der Waals surface area contributed by atoms with Gasteiger partial charge in [-0.3, -0.25) is 9.48 Å². The first kappa shape index (κ1) is 21.0. The van der Waals surface area contributed by atoms with Crippen LogP contribution in [-0.2, 0) is 11.0 Å². The molecular weight excluding hydrogens is 387 g/mol. The molecule has 158 valence electrons. The number of hydrogen-bond acceptors (Lipinski definition) is 4. The van der Waals surface area contributed by atoms with E-state index in [0.29, 0.717) is 22.8 Å². The zero-order valence-electron chi connectivity index (χ0n) is 16.7. The smallest absolute Gasteiger partial charge is 0.435 e. The lowest BCUT2D eigenvalue weighted by molar-refractivity contribution is -0.142. The third kappa shape index (κ3) is 4.49. The molecule has 2 unspecified atom stereocenters. The average molecular weight is 411 g/mol. The van der Waals surface area contributed by atoms with Crippen LogP contribution in [0.25, 0.3) is 0 Å². The number of nitrogens with zero attached hydrogens (tertiary/aromatic N) is 2. The maximum Gasteiger partial charge on any atom is 0.435 e. The van der Waals surface area contributed by atoms with Crippen LogP contribution in [0, 0.1) is 0 Å². The number of hydrogen-bond donors (Lipinski definition) is 1. The topological polar surface area (TPSA) is 65.4 Å². The monoisotopic (exact) mass is 411 g/mol. The van der Waals surface area contributed by atoms with E-state index in [-0.39, 0.29) is 5.92 Å². The van der Waals surface area contributed by atoms with E-state index in [4.69, 9.17) is 9.47 Å². The Hall–Kier alpha value is -2.71. The van der Waals surface area contributed by atoms with Gasteiger partial charge in [0.1, 0.15) is 17.5 Å². The van der Waals surface area contributed by atoms with Gasteiger partial charge < -0.3 is 14.8 Å². The summed E-state index contributed by atoms with van der Waals surface area (Å²) in [6, 6.07) is 4.94. The van der Waals surface area contributed by atoms with Crippen molar-refractivity contribution in [2.75, 3.05) is 14.2 Å². The second-order valence-electron chi connectivity index (χ2n) is 7.19. The molecule has 2 atom stereocenters. The van der Waals surface area contributed by atoms with E-state index in [1.165, 1.54) is 18.9 Å². The number of benzene rings is 1. The van der Waals surface area contributed by atoms with Crippen LogP contribution in [0.2, 0.25) is 0 Å². The minimum Gasteiger partial charge on any atom is -0.497 e. The molecule has 0 aliphatic heterocycles. The average Bonchev–Trinajstić information content (AvgIpc) is 3.43. The third-order valence-corrected chi connectivity index (χ3v) is 5.06. The van der Waals surface area contributed by atoms with Crippen molar-refractivity contribution in [2.45, 2.75) is 50.9 Å². The molecule has 0 spiro atoms. The Labute approximate surface area is 167 Å². The Morgan fingerprint density at radius 2 is 1.90 bits per heavy atom. The molecule has 1 aliphatic rings. The first-order valence-electron chi connectivity index (χ1n) is 9.34. The van der Waals surface area contributed by atoms with Gasteiger partial charge in [-0.2, -0.15) is 18.3 Å². The normalized spacial score (nSPS) is 16.2. The van der Waals surface area contributed by atoms with Crippen molar-refractivity contribution in [3.63, 3.8) is 0 Å². The summed E-state index contributed by atoms with van der Waals surface area (Å²) in [6.07, 6.45) is -2.95. The summed E-state index contributed by atoms with van der Waals surface area (Å²) in [5.74, 6) is 0.766. The maximum atomic E-state index is 13.1. The van der Waals surface area contributed by atoms with E-state index in [1.807, 2.05) is 0 Å². The summed E-state index contributed by atoms with van der Waals surface area (Å²) in [4.78, 5) is 12.8. The molecule has 1 fully saturated rings. The number of amides is 1. The zero-order valence-corrected chi connectivity index (χ0v) is 16.7. The van der Waals surface area contributed by atoms with Gasteiger partial charge in [-0.25, -0.2) is 0 Å². The molecule has 1 saturated carbocycles. The molecule has 3 rings (SSSR count). The minimum atomic E-state index is -4.55. The molecule has 1 aliphatic carbocycles. The van der Waals surface area contributed by atoms with E-state index in [2.05, 4.69) is 10.4 Å². The maximum absolute atomic E-state index is 13.1. The highest BCUT2D eigenvalue weighted by Crippen LogP contribution is 2.43. The van der Waals surface area contributed by atoms with Crippen molar-refractivity contribution < 1.29 is 27.4 Å². The molecule has 1 N–H and O–H groups in total. The van der Waals surface area contributed by atoms with E-state index in [9.17, 15) is 18.0 Å². The van der Waals surface area contributed by atoms with Crippen LogP contribution < -0.4 is 14.8 Å². The van der Waals surface area contributed by atoms with Crippen LogP contribution in [0.1, 0.15) is 61.6 Å². The van der Waals surface area contributed by atoms with Crippen LogP contribution in [0.3, 0.4) is 0 Å². The van der Waals surface area contributed by atoms with Gasteiger partial charge in [0, 0.05) is 17.2 Å². The summed E-state index contributed by atoms with van der Waals surface area (Å²) in [5.41, 5.74) is 0.180. The fraction of sp³-hybridized carbons (Fsp3) is 0.500.